The van der Waals surface area contributed by atoms with Crippen molar-refractivity contribution >= 4 is 5.97 Å². The molecule has 0 spiro atoms. The number of hydrogen-bond donors (Lipinski definition) is 1. The smallest absolute Gasteiger partial charge is 0.305 e. The van der Waals surface area contributed by atoms with Gasteiger partial charge in [0.15, 0.2) is 0 Å². The van der Waals surface area contributed by atoms with Crippen LogP contribution in [0.4, 0.5) is 0 Å². The van der Waals surface area contributed by atoms with E-state index < -0.39 is 5.97 Å². The Morgan fingerprint density at radius 3 is 0.982 bits per heavy atom. The van der Waals surface area contributed by atoms with E-state index in [-0.39, 0.29) is 13.0 Å². The molecule has 1 rings (SSSR count). The predicted octanol–water partition coefficient (Wildman–Crippen LogP) is 5.03. The molecule has 0 heterocycles. The molecular formula is C42H76O15. The molecule has 0 unspecified atom stereocenters. The van der Waals surface area contributed by atoms with Crippen LogP contribution in [-0.4, -0.2) is 176 Å². The molecule has 0 saturated carbocycles. The van der Waals surface area contributed by atoms with Crippen molar-refractivity contribution in [3.8, 4) is 5.75 Å². The second kappa shape index (κ2) is 45.1. The quantitative estimate of drug-likeness (QED) is 0.0873. The average Bonchev–Trinajstić information content (AvgIpc) is 3.21. The minimum atomic E-state index is -0.874. The van der Waals surface area contributed by atoms with Crippen LogP contribution in [-0.2, 0) is 68.1 Å². The molecule has 15 heteroatoms. The highest BCUT2D eigenvalue weighted by molar-refractivity contribution is 5.66. The molecule has 0 fully saturated rings. The fraction of sp³-hybridized carbons (Fsp3) is 0.833. The van der Waals surface area contributed by atoms with E-state index in [1.165, 1.54) is 50.5 Å². The Kier molecular flexibility index (Phi) is 42.0. The lowest BCUT2D eigenvalue weighted by molar-refractivity contribution is -0.138. The molecule has 0 bridgehead atoms. The maximum absolute atomic E-state index is 10.4. The predicted molar refractivity (Wildman–Crippen MR) is 216 cm³/mol. The van der Waals surface area contributed by atoms with E-state index in [0.717, 1.165) is 12.2 Å². The van der Waals surface area contributed by atoms with Gasteiger partial charge in [0, 0.05) is 0 Å². The molecule has 0 saturated heterocycles. The van der Waals surface area contributed by atoms with E-state index >= 15 is 0 Å². The Balaban J connectivity index is 1.67. The van der Waals surface area contributed by atoms with E-state index in [9.17, 15) is 4.79 Å². The summed E-state index contributed by atoms with van der Waals surface area (Å²) in [6.07, 6.45) is 10.5. The van der Waals surface area contributed by atoms with Crippen molar-refractivity contribution in [1.82, 2.24) is 0 Å². The first kappa shape index (κ1) is 53.0. The molecule has 0 aliphatic rings. The summed E-state index contributed by atoms with van der Waals surface area (Å²) in [5, 5.41) is 8.51. The maximum atomic E-state index is 10.4. The van der Waals surface area contributed by atoms with Crippen LogP contribution in [0.3, 0.4) is 0 Å². The lowest BCUT2D eigenvalue weighted by Gasteiger charge is -2.09. The van der Waals surface area contributed by atoms with Gasteiger partial charge < -0.3 is 66.7 Å². The topological polar surface area (TPSA) is 157 Å². The third-order valence-corrected chi connectivity index (χ3v) is 8.04. The van der Waals surface area contributed by atoms with Gasteiger partial charge in [-0.15, -0.1) is 0 Å². The van der Waals surface area contributed by atoms with Crippen molar-refractivity contribution < 1.29 is 71.5 Å². The summed E-state index contributed by atoms with van der Waals surface area (Å²) in [5.41, 5.74) is 1.38. The number of carboxylic acid groups (broad SMARTS) is 1. The van der Waals surface area contributed by atoms with Crippen molar-refractivity contribution in [2.45, 2.75) is 64.7 Å². The van der Waals surface area contributed by atoms with Gasteiger partial charge in [-0.3, -0.25) is 4.79 Å². The number of ether oxygens (including phenoxy) is 13. The van der Waals surface area contributed by atoms with Crippen LogP contribution in [0.25, 0.3) is 0 Å². The second-order valence-corrected chi connectivity index (χ2v) is 12.9. The summed E-state index contributed by atoms with van der Waals surface area (Å²) in [7, 11) is 0. The van der Waals surface area contributed by atoms with Gasteiger partial charge in [-0.2, -0.15) is 0 Å². The van der Waals surface area contributed by atoms with Crippen LogP contribution < -0.4 is 4.74 Å². The number of carboxylic acids is 1. The largest absolute Gasteiger partial charge is 0.491 e. The van der Waals surface area contributed by atoms with E-state index in [2.05, 4.69) is 31.2 Å². The van der Waals surface area contributed by atoms with E-state index in [1.807, 2.05) is 0 Å². The van der Waals surface area contributed by atoms with Gasteiger partial charge in [-0.25, -0.2) is 0 Å². The summed E-state index contributed by atoms with van der Waals surface area (Å²) in [6.45, 7) is 14.1. The number of carbonyl (C=O) groups is 1. The number of unbranched alkanes of at least 4 members (excludes halogenated alkanes) is 6. The molecule has 0 aromatic heterocycles. The van der Waals surface area contributed by atoms with E-state index in [1.54, 1.807) is 0 Å². The maximum Gasteiger partial charge on any atom is 0.305 e. The molecular weight excluding hydrogens is 744 g/mol. The van der Waals surface area contributed by atoms with Crippen LogP contribution in [0.1, 0.15) is 63.9 Å². The van der Waals surface area contributed by atoms with Crippen molar-refractivity contribution in [3.05, 3.63) is 29.8 Å². The average molecular weight is 821 g/mol. The Bertz CT molecular complexity index is 941. The fourth-order valence-electron chi connectivity index (χ4n) is 4.94. The first-order valence-corrected chi connectivity index (χ1v) is 21.1. The highest BCUT2D eigenvalue weighted by atomic mass is 16.6. The molecule has 1 aromatic rings. The van der Waals surface area contributed by atoms with Crippen LogP contribution in [0.15, 0.2) is 24.3 Å². The summed E-state index contributed by atoms with van der Waals surface area (Å²) in [4.78, 5) is 10.4. The molecule has 1 N–H and O–H groups in total. The number of aliphatic carboxylic acids is 1. The van der Waals surface area contributed by atoms with Crippen molar-refractivity contribution in [2.24, 2.45) is 0 Å². The third-order valence-electron chi connectivity index (χ3n) is 8.04. The summed E-state index contributed by atoms with van der Waals surface area (Å²) in [6, 6.07) is 8.44. The zero-order valence-corrected chi connectivity index (χ0v) is 35.0. The molecule has 0 radical (unpaired) electrons. The fourth-order valence-corrected chi connectivity index (χ4v) is 4.94. The zero-order valence-electron chi connectivity index (χ0n) is 35.0. The molecule has 334 valence electrons. The van der Waals surface area contributed by atoms with E-state index in [4.69, 9.17) is 66.7 Å². The Morgan fingerprint density at radius 2 is 0.667 bits per heavy atom. The van der Waals surface area contributed by atoms with Crippen molar-refractivity contribution in [2.75, 3.05) is 165 Å². The SMILES string of the molecule is CCCCCCCCCc1ccc(OCCOCCOCCOCCOCCOCCOCCOCCOCCOCCOCCOCCOCCC(=O)O)cc1. The standard InChI is InChI=1S/C42H76O15/c1-2-3-4-5-6-7-8-9-40-10-12-41(13-11-40)57-39-38-56-37-36-55-35-34-54-33-32-53-31-30-52-29-28-51-27-26-50-25-24-49-23-22-48-21-20-47-19-18-46-17-16-45-15-14-42(43)44/h10-13H,2-9,14-39H2,1H3,(H,43,44). The first-order valence-electron chi connectivity index (χ1n) is 21.1. The van der Waals surface area contributed by atoms with Gasteiger partial charge in [0.1, 0.15) is 12.4 Å². The van der Waals surface area contributed by atoms with Crippen molar-refractivity contribution in [3.63, 3.8) is 0 Å². The summed E-state index contributed by atoms with van der Waals surface area (Å²) in [5.74, 6) is 0.00710. The molecule has 0 amide bonds. The minimum absolute atomic E-state index is 0.00341. The Morgan fingerprint density at radius 1 is 0.386 bits per heavy atom. The van der Waals surface area contributed by atoms with Crippen LogP contribution >= 0.6 is 0 Å². The molecule has 0 atom stereocenters. The molecule has 15 nitrogen and oxygen atoms in total. The zero-order chi connectivity index (χ0) is 40.8. The number of aryl methyl sites for hydroxylation is 1. The molecule has 57 heavy (non-hydrogen) atoms. The van der Waals surface area contributed by atoms with E-state index in [0.29, 0.717) is 159 Å². The highest BCUT2D eigenvalue weighted by Crippen LogP contribution is 2.15. The van der Waals surface area contributed by atoms with Crippen LogP contribution in [0.5, 0.6) is 5.75 Å². The minimum Gasteiger partial charge on any atom is -0.491 e. The van der Waals surface area contributed by atoms with Gasteiger partial charge in [-0.1, -0.05) is 57.6 Å². The molecule has 0 aliphatic carbocycles. The number of benzene rings is 1. The third kappa shape index (κ3) is 42.0. The Labute approximate surface area is 342 Å². The molecule has 1 aromatic carbocycles. The van der Waals surface area contributed by atoms with Gasteiger partial charge in [0.25, 0.3) is 0 Å². The van der Waals surface area contributed by atoms with Gasteiger partial charge in [0.2, 0.25) is 0 Å². The number of rotatable bonds is 48. The number of hydrogen-bond acceptors (Lipinski definition) is 14. The van der Waals surface area contributed by atoms with Gasteiger partial charge >= 0.3 is 5.97 Å². The van der Waals surface area contributed by atoms with Gasteiger partial charge in [-0.05, 0) is 30.5 Å². The monoisotopic (exact) mass is 821 g/mol. The first-order chi connectivity index (χ1) is 28.2. The summed E-state index contributed by atoms with van der Waals surface area (Å²) < 4.78 is 71.2. The van der Waals surface area contributed by atoms with Crippen LogP contribution in [0, 0.1) is 0 Å². The lowest BCUT2D eigenvalue weighted by Crippen LogP contribution is -2.15. The second-order valence-electron chi connectivity index (χ2n) is 12.9. The summed E-state index contributed by atoms with van der Waals surface area (Å²) >= 11 is 0. The van der Waals surface area contributed by atoms with Gasteiger partial charge in [0.05, 0.1) is 165 Å². The lowest BCUT2D eigenvalue weighted by atomic mass is 10.0. The Hall–Kier alpha value is -1.99. The normalized spacial score (nSPS) is 11.5. The highest BCUT2D eigenvalue weighted by Gasteiger charge is 2.00. The van der Waals surface area contributed by atoms with Crippen LogP contribution in [0.2, 0.25) is 0 Å². The van der Waals surface area contributed by atoms with Crippen molar-refractivity contribution in [1.29, 1.82) is 0 Å². The molecule has 0 aliphatic heterocycles.